The van der Waals surface area contributed by atoms with Gasteiger partial charge in [-0.1, -0.05) is 6.92 Å². The van der Waals surface area contributed by atoms with Crippen LogP contribution < -0.4 is 5.32 Å². The molecule has 2 unspecified atom stereocenters. The summed E-state index contributed by atoms with van der Waals surface area (Å²) in [4.78, 5) is 14.9. The van der Waals surface area contributed by atoms with E-state index >= 15 is 0 Å². The summed E-state index contributed by atoms with van der Waals surface area (Å²) in [6.45, 7) is 5.53. The number of rotatable bonds is 5. The van der Waals surface area contributed by atoms with E-state index in [9.17, 15) is 13.2 Å². The van der Waals surface area contributed by atoms with Gasteiger partial charge in [-0.2, -0.15) is 4.31 Å². The van der Waals surface area contributed by atoms with Crippen LogP contribution in [0.4, 0.5) is 0 Å². The number of aryl methyl sites for hydroxylation is 1. The van der Waals surface area contributed by atoms with Crippen LogP contribution in [0.3, 0.4) is 0 Å². The van der Waals surface area contributed by atoms with Gasteiger partial charge < -0.3 is 14.8 Å². The molecule has 1 N–H and O–H groups in total. The Labute approximate surface area is 156 Å². The van der Waals surface area contributed by atoms with Crippen molar-refractivity contribution in [3.63, 3.8) is 0 Å². The SMILES string of the molecule is CNCC1CCN(C(=O)c2cc(S(=O)(=O)N3CCCC(C)C3)cn2C)C1. The molecule has 3 heterocycles. The molecular weight excluding hydrogens is 352 g/mol. The van der Waals surface area contributed by atoms with Gasteiger partial charge in [-0.3, -0.25) is 4.79 Å². The number of hydrogen-bond donors (Lipinski definition) is 1. The fraction of sp³-hybridized carbons (Fsp3) is 0.722. The lowest BCUT2D eigenvalue weighted by atomic mass is 10.0. The summed E-state index contributed by atoms with van der Waals surface area (Å²) in [5, 5.41) is 3.16. The number of nitrogens with one attached hydrogen (secondary N) is 1. The minimum Gasteiger partial charge on any atom is -0.345 e. The van der Waals surface area contributed by atoms with Gasteiger partial charge in [-0.25, -0.2) is 8.42 Å². The molecular formula is C18H30N4O3S. The lowest BCUT2D eigenvalue weighted by molar-refractivity contribution is 0.0777. The van der Waals surface area contributed by atoms with Gasteiger partial charge in [0.15, 0.2) is 0 Å². The molecule has 0 bridgehead atoms. The number of likely N-dealkylation sites (tertiary alicyclic amines) is 1. The van der Waals surface area contributed by atoms with Crippen molar-refractivity contribution in [1.29, 1.82) is 0 Å². The number of carbonyl (C=O) groups excluding carboxylic acids is 1. The molecule has 2 fully saturated rings. The summed E-state index contributed by atoms with van der Waals surface area (Å²) in [6.07, 6.45) is 4.50. The van der Waals surface area contributed by atoms with Crippen LogP contribution in [0.25, 0.3) is 0 Å². The summed E-state index contributed by atoms with van der Waals surface area (Å²) < 4.78 is 29.1. The third-order valence-electron chi connectivity index (χ3n) is 5.52. The van der Waals surface area contributed by atoms with E-state index in [1.54, 1.807) is 28.2 Å². The van der Waals surface area contributed by atoms with Crippen LogP contribution in [-0.4, -0.2) is 67.9 Å². The van der Waals surface area contributed by atoms with Gasteiger partial charge >= 0.3 is 0 Å². The summed E-state index contributed by atoms with van der Waals surface area (Å²) in [5.74, 6) is 0.749. The number of aromatic nitrogens is 1. The first-order valence-electron chi connectivity index (χ1n) is 9.43. The molecule has 0 radical (unpaired) electrons. The predicted octanol–water partition coefficient (Wildman–Crippen LogP) is 1.13. The smallest absolute Gasteiger partial charge is 0.270 e. The Kier molecular flexibility index (Phi) is 5.74. The van der Waals surface area contributed by atoms with Gasteiger partial charge in [0.2, 0.25) is 10.0 Å². The molecule has 2 aliphatic heterocycles. The second kappa shape index (κ2) is 7.70. The molecule has 0 saturated carbocycles. The molecule has 1 aromatic rings. The van der Waals surface area contributed by atoms with Gasteiger partial charge in [0.25, 0.3) is 5.91 Å². The summed E-state index contributed by atoms with van der Waals surface area (Å²) >= 11 is 0. The van der Waals surface area contributed by atoms with Crippen molar-refractivity contribution < 1.29 is 13.2 Å². The lowest BCUT2D eigenvalue weighted by Gasteiger charge is -2.29. The Balaban J connectivity index is 1.77. The molecule has 0 spiro atoms. The Morgan fingerprint density at radius 2 is 2.04 bits per heavy atom. The average Bonchev–Trinajstić information content (AvgIpc) is 3.22. The van der Waals surface area contributed by atoms with E-state index in [2.05, 4.69) is 12.2 Å². The maximum atomic E-state index is 13.0. The van der Waals surface area contributed by atoms with Crippen molar-refractivity contribution in [3.05, 3.63) is 18.0 Å². The second-order valence-electron chi connectivity index (χ2n) is 7.75. The molecule has 146 valence electrons. The van der Waals surface area contributed by atoms with Crippen LogP contribution in [0.5, 0.6) is 0 Å². The van der Waals surface area contributed by atoms with E-state index in [4.69, 9.17) is 0 Å². The lowest BCUT2D eigenvalue weighted by Crippen LogP contribution is -2.38. The quantitative estimate of drug-likeness (QED) is 0.828. The van der Waals surface area contributed by atoms with Crippen LogP contribution in [0, 0.1) is 11.8 Å². The highest BCUT2D eigenvalue weighted by Crippen LogP contribution is 2.26. The summed E-state index contributed by atoms with van der Waals surface area (Å²) in [7, 11) is 0.118. The molecule has 2 aliphatic rings. The maximum Gasteiger partial charge on any atom is 0.270 e. The zero-order valence-electron chi connectivity index (χ0n) is 15.9. The monoisotopic (exact) mass is 382 g/mol. The van der Waals surface area contributed by atoms with Crippen molar-refractivity contribution in [2.75, 3.05) is 39.8 Å². The van der Waals surface area contributed by atoms with Gasteiger partial charge in [0, 0.05) is 39.4 Å². The predicted molar refractivity (Wildman–Crippen MR) is 101 cm³/mol. The van der Waals surface area contributed by atoms with Gasteiger partial charge in [-0.05, 0) is 50.8 Å². The highest BCUT2D eigenvalue weighted by atomic mass is 32.2. The highest BCUT2D eigenvalue weighted by molar-refractivity contribution is 7.89. The average molecular weight is 383 g/mol. The van der Waals surface area contributed by atoms with E-state index in [0.717, 1.165) is 38.9 Å². The van der Waals surface area contributed by atoms with Gasteiger partial charge in [0.1, 0.15) is 10.6 Å². The van der Waals surface area contributed by atoms with Crippen LogP contribution in [0.1, 0.15) is 36.7 Å². The summed E-state index contributed by atoms with van der Waals surface area (Å²) in [5.41, 5.74) is 0.443. The maximum absolute atomic E-state index is 13.0. The van der Waals surface area contributed by atoms with Gasteiger partial charge in [-0.15, -0.1) is 0 Å². The normalized spacial score (nSPS) is 25.0. The van der Waals surface area contributed by atoms with E-state index in [1.807, 2.05) is 11.9 Å². The zero-order valence-corrected chi connectivity index (χ0v) is 16.8. The van der Waals surface area contributed by atoms with Crippen LogP contribution in [0.2, 0.25) is 0 Å². The molecule has 2 saturated heterocycles. The van der Waals surface area contributed by atoms with Crippen molar-refractivity contribution in [1.82, 2.24) is 19.1 Å². The number of carbonyl (C=O) groups is 1. The molecule has 0 aromatic carbocycles. The Morgan fingerprint density at radius 3 is 2.73 bits per heavy atom. The number of amides is 1. The minimum atomic E-state index is -3.54. The largest absolute Gasteiger partial charge is 0.345 e. The highest BCUT2D eigenvalue weighted by Gasteiger charge is 2.32. The molecule has 2 atom stereocenters. The van der Waals surface area contributed by atoms with E-state index in [0.29, 0.717) is 30.6 Å². The zero-order chi connectivity index (χ0) is 18.9. The Morgan fingerprint density at radius 1 is 1.27 bits per heavy atom. The van der Waals surface area contributed by atoms with Crippen LogP contribution in [0.15, 0.2) is 17.2 Å². The standard InChI is InChI=1S/C18H30N4O3S/c1-14-5-4-7-22(11-14)26(24,25)16-9-17(20(3)13-16)18(23)21-8-6-15(12-21)10-19-2/h9,13-15,19H,4-8,10-12H2,1-3H3. The van der Waals surface area contributed by atoms with Crippen molar-refractivity contribution in [2.24, 2.45) is 18.9 Å². The van der Waals surface area contributed by atoms with Crippen LogP contribution >= 0.6 is 0 Å². The molecule has 8 heteroatoms. The van der Waals surface area contributed by atoms with Crippen molar-refractivity contribution in [3.8, 4) is 0 Å². The second-order valence-corrected chi connectivity index (χ2v) is 9.68. The third-order valence-corrected chi connectivity index (χ3v) is 7.35. The minimum absolute atomic E-state index is 0.0837. The molecule has 26 heavy (non-hydrogen) atoms. The van der Waals surface area contributed by atoms with E-state index < -0.39 is 10.0 Å². The van der Waals surface area contributed by atoms with E-state index in [1.165, 1.54) is 0 Å². The molecule has 3 rings (SSSR count). The molecule has 1 aromatic heterocycles. The van der Waals surface area contributed by atoms with Crippen molar-refractivity contribution in [2.45, 2.75) is 31.1 Å². The summed E-state index contributed by atoms with van der Waals surface area (Å²) in [6, 6.07) is 1.54. The molecule has 0 aliphatic carbocycles. The Bertz CT molecular complexity index is 758. The number of sulfonamides is 1. The first-order chi connectivity index (χ1) is 12.3. The number of hydrogen-bond acceptors (Lipinski definition) is 4. The number of nitrogens with zero attached hydrogens (tertiary/aromatic N) is 3. The first kappa shape index (κ1) is 19.4. The Hall–Kier alpha value is -1.38. The van der Waals surface area contributed by atoms with Gasteiger partial charge in [0.05, 0.1) is 0 Å². The fourth-order valence-electron chi connectivity index (χ4n) is 4.04. The fourth-order valence-corrected chi connectivity index (χ4v) is 5.71. The molecule has 7 nitrogen and oxygen atoms in total. The van der Waals surface area contributed by atoms with Crippen molar-refractivity contribution >= 4 is 15.9 Å². The topological polar surface area (TPSA) is 74.7 Å². The molecule has 1 amide bonds. The number of piperidine rings is 1. The third kappa shape index (κ3) is 3.82. The van der Waals surface area contributed by atoms with E-state index in [-0.39, 0.29) is 10.8 Å². The first-order valence-corrected chi connectivity index (χ1v) is 10.9. The van der Waals surface area contributed by atoms with Crippen LogP contribution in [-0.2, 0) is 17.1 Å².